The van der Waals surface area contributed by atoms with Gasteiger partial charge in [0.15, 0.2) is 0 Å². The molecule has 0 aliphatic carbocycles. The van der Waals surface area contributed by atoms with Gasteiger partial charge in [-0.15, -0.1) is 0 Å². The monoisotopic (exact) mass is 218 g/mol. The zero-order valence-electron chi connectivity index (χ0n) is 10.0. The molecule has 2 N–H and O–H groups in total. The first-order valence-corrected chi connectivity index (χ1v) is 5.70. The molecule has 2 rings (SSSR count). The molecule has 1 heterocycles. The van der Waals surface area contributed by atoms with Crippen LogP contribution in [-0.4, -0.2) is 16.8 Å². The Labute approximate surface area is 96.2 Å². The summed E-state index contributed by atoms with van der Waals surface area (Å²) in [6.45, 7) is 7.00. The topological polar surface area (TPSA) is 46.3 Å². The number of nitrogens with zero attached hydrogens (tertiary/aromatic N) is 1. The van der Waals surface area contributed by atoms with E-state index in [-0.39, 0.29) is 11.9 Å². The van der Waals surface area contributed by atoms with Crippen LogP contribution in [0.2, 0.25) is 0 Å². The molecule has 0 saturated heterocycles. The van der Waals surface area contributed by atoms with Gasteiger partial charge in [0.2, 0.25) is 0 Å². The largest absolute Gasteiger partial charge is 0.398 e. The number of anilines is 1. The van der Waals surface area contributed by atoms with Crippen molar-refractivity contribution in [2.75, 3.05) is 5.73 Å². The van der Waals surface area contributed by atoms with Gasteiger partial charge in [-0.05, 0) is 25.0 Å². The summed E-state index contributed by atoms with van der Waals surface area (Å²) in [5.74, 6) is 0.572. The highest BCUT2D eigenvalue weighted by molar-refractivity contribution is 6.00. The highest BCUT2D eigenvalue weighted by Crippen LogP contribution is 2.30. The minimum absolute atomic E-state index is 0.114. The third kappa shape index (κ3) is 1.56. The number of carbonyl (C=O) groups is 1. The molecule has 1 aliphatic heterocycles. The van der Waals surface area contributed by atoms with Crippen molar-refractivity contribution in [2.45, 2.75) is 33.4 Å². The zero-order chi connectivity index (χ0) is 11.9. The predicted molar refractivity (Wildman–Crippen MR) is 65.0 cm³/mol. The first kappa shape index (κ1) is 11.0. The maximum Gasteiger partial charge on any atom is 0.254 e. The molecule has 1 aromatic rings. The summed E-state index contributed by atoms with van der Waals surface area (Å²) in [6.07, 6.45) is 0. The van der Waals surface area contributed by atoms with Gasteiger partial charge in [0, 0.05) is 29.4 Å². The number of nitrogen functional groups attached to an aromatic ring is 1. The minimum Gasteiger partial charge on any atom is -0.398 e. The molecule has 3 nitrogen and oxygen atoms in total. The number of carbonyl (C=O) groups excluding carboxylic acids is 1. The van der Waals surface area contributed by atoms with Crippen LogP contribution < -0.4 is 5.73 Å². The third-order valence-corrected chi connectivity index (χ3v) is 3.49. The molecule has 0 spiro atoms. The molecule has 16 heavy (non-hydrogen) atoms. The van der Waals surface area contributed by atoms with Crippen LogP contribution in [-0.2, 0) is 6.54 Å². The van der Waals surface area contributed by atoms with Crippen molar-refractivity contribution in [2.24, 2.45) is 5.92 Å². The molecule has 1 amide bonds. The fourth-order valence-electron chi connectivity index (χ4n) is 2.07. The van der Waals surface area contributed by atoms with E-state index in [0.29, 0.717) is 12.5 Å². The smallest absolute Gasteiger partial charge is 0.254 e. The van der Waals surface area contributed by atoms with Crippen molar-refractivity contribution in [3.63, 3.8) is 0 Å². The summed E-state index contributed by atoms with van der Waals surface area (Å²) in [4.78, 5) is 14.1. The highest BCUT2D eigenvalue weighted by Gasteiger charge is 2.32. The predicted octanol–water partition coefficient (Wildman–Crippen LogP) is 2.27. The number of hydrogen-bond donors (Lipinski definition) is 1. The Morgan fingerprint density at radius 3 is 2.56 bits per heavy atom. The molecule has 0 radical (unpaired) electrons. The molecular formula is C13H18N2O. The maximum absolute atomic E-state index is 12.2. The van der Waals surface area contributed by atoms with Crippen LogP contribution in [0.25, 0.3) is 0 Å². The lowest BCUT2D eigenvalue weighted by Gasteiger charge is -2.27. The number of hydrogen-bond acceptors (Lipinski definition) is 2. The van der Waals surface area contributed by atoms with Crippen molar-refractivity contribution in [1.82, 2.24) is 4.90 Å². The van der Waals surface area contributed by atoms with Crippen LogP contribution in [0.3, 0.4) is 0 Å². The van der Waals surface area contributed by atoms with Crippen LogP contribution >= 0.6 is 0 Å². The number of nitrogens with two attached hydrogens (primary N) is 1. The van der Waals surface area contributed by atoms with Gasteiger partial charge in [0.25, 0.3) is 5.91 Å². The lowest BCUT2D eigenvalue weighted by molar-refractivity contribution is 0.0673. The normalized spacial score (nSPS) is 16.8. The van der Waals surface area contributed by atoms with Gasteiger partial charge in [0.1, 0.15) is 0 Å². The van der Waals surface area contributed by atoms with Gasteiger partial charge < -0.3 is 10.6 Å². The van der Waals surface area contributed by atoms with Crippen molar-refractivity contribution in [3.05, 3.63) is 29.3 Å². The number of fused-ring (bicyclic) bond motifs is 1. The van der Waals surface area contributed by atoms with Gasteiger partial charge in [-0.1, -0.05) is 19.9 Å². The Morgan fingerprint density at radius 1 is 1.31 bits per heavy atom. The van der Waals surface area contributed by atoms with E-state index in [4.69, 9.17) is 5.73 Å². The molecule has 1 aromatic carbocycles. The Balaban J connectivity index is 2.34. The van der Waals surface area contributed by atoms with Gasteiger partial charge in [-0.3, -0.25) is 4.79 Å². The molecule has 0 saturated carbocycles. The van der Waals surface area contributed by atoms with Gasteiger partial charge in [-0.2, -0.15) is 0 Å². The third-order valence-electron chi connectivity index (χ3n) is 3.49. The summed E-state index contributed by atoms with van der Waals surface area (Å²) in [5, 5.41) is 0. The summed E-state index contributed by atoms with van der Waals surface area (Å²) < 4.78 is 0. The average molecular weight is 218 g/mol. The van der Waals surface area contributed by atoms with Crippen LogP contribution in [0, 0.1) is 5.92 Å². The van der Waals surface area contributed by atoms with Gasteiger partial charge in [-0.25, -0.2) is 0 Å². The molecule has 1 unspecified atom stereocenters. The minimum atomic E-state index is 0.114. The summed E-state index contributed by atoms with van der Waals surface area (Å²) in [6, 6.07) is 5.81. The number of amides is 1. The molecule has 0 bridgehead atoms. The van der Waals surface area contributed by atoms with Crippen molar-refractivity contribution in [3.8, 4) is 0 Å². The molecule has 86 valence electrons. The second-order valence-electron chi connectivity index (χ2n) is 4.79. The summed E-state index contributed by atoms with van der Waals surface area (Å²) >= 11 is 0. The molecule has 0 fully saturated rings. The van der Waals surface area contributed by atoms with E-state index in [2.05, 4.69) is 20.8 Å². The van der Waals surface area contributed by atoms with Crippen LogP contribution in [0.1, 0.15) is 36.7 Å². The van der Waals surface area contributed by atoms with Crippen molar-refractivity contribution < 1.29 is 4.79 Å². The first-order valence-electron chi connectivity index (χ1n) is 5.70. The van der Waals surface area contributed by atoms with Gasteiger partial charge in [0.05, 0.1) is 0 Å². The Kier molecular flexibility index (Phi) is 2.62. The van der Waals surface area contributed by atoms with Crippen LogP contribution in [0.4, 0.5) is 5.69 Å². The molecular weight excluding hydrogens is 200 g/mol. The van der Waals surface area contributed by atoms with E-state index >= 15 is 0 Å². The lowest BCUT2D eigenvalue weighted by atomic mass is 10.1. The van der Waals surface area contributed by atoms with E-state index in [1.807, 2.05) is 23.1 Å². The maximum atomic E-state index is 12.2. The second-order valence-corrected chi connectivity index (χ2v) is 4.79. The van der Waals surface area contributed by atoms with E-state index in [1.54, 1.807) is 0 Å². The Bertz CT molecular complexity index is 426. The summed E-state index contributed by atoms with van der Waals surface area (Å²) in [7, 11) is 0. The molecule has 1 atom stereocenters. The van der Waals surface area contributed by atoms with Crippen molar-refractivity contribution in [1.29, 1.82) is 0 Å². The standard InChI is InChI=1S/C13H18N2O/c1-8(2)9(3)15-7-11-10(13(15)16)5-4-6-12(11)14/h4-6,8-9H,7,14H2,1-3H3. The molecule has 0 aromatic heterocycles. The van der Waals surface area contributed by atoms with E-state index in [1.165, 1.54) is 0 Å². The molecule has 1 aliphatic rings. The lowest BCUT2D eigenvalue weighted by Crippen LogP contribution is -2.36. The molecule has 3 heteroatoms. The van der Waals surface area contributed by atoms with E-state index < -0.39 is 0 Å². The fourth-order valence-corrected chi connectivity index (χ4v) is 2.07. The van der Waals surface area contributed by atoms with Gasteiger partial charge >= 0.3 is 0 Å². The summed E-state index contributed by atoms with van der Waals surface area (Å²) in [5.41, 5.74) is 8.38. The SMILES string of the molecule is CC(C)C(C)N1Cc2c(N)cccc2C1=O. The zero-order valence-corrected chi connectivity index (χ0v) is 10.0. The second kappa shape index (κ2) is 3.81. The van der Waals surface area contributed by atoms with Crippen molar-refractivity contribution >= 4 is 11.6 Å². The number of benzene rings is 1. The van der Waals surface area contributed by atoms with Crippen LogP contribution in [0.15, 0.2) is 18.2 Å². The number of rotatable bonds is 2. The Morgan fingerprint density at radius 2 is 2.00 bits per heavy atom. The Hall–Kier alpha value is -1.51. The average Bonchev–Trinajstić information content (AvgIpc) is 2.57. The quantitative estimate of drug-likeness (QED) is 0.774. The van der Waals surface area contributed by atoms with Crippen LogP contribution in [0.5, 0.6) is 0 Å². The highest BCUT2D eigenvalue weighted by atomic mass is 16.2. The fraction of sp³-hybridized carbons (Fsp3) is 0.462. The van der Waals surface area contributed by atoms with E-state index in [0.717, 1.165) is 16.8 Å². The first-order chi connectivity index (χ1) is 7.52. The van der Waals surface area contributed by atoms with E-state index in [9.17, 15) is 4.79 Å².